The lowest BCUT2D eigenvalue weighted by molar-refractivity contribution is -0.127. The summed E-state index contributed by atoms with van der Waals surface area (Å²) in [6, 6.07) is 7.27. The normalized spacial score (nSPS) is 25.7. The van der Waals surface area contributed by atoms with Gasteiger partial charge in [0.05, 0.1) is 35.7 Å². The van der Waals surface area contributed by atoms with Gasteiger partial charge in [0, 0.05) is 13.2 Å². The molecular formula is C17H18N2O4S. The van der Waals surface area contributed by atoms with Gasteiger partial charge in [0.15, 0.2) is 0 Å². The molecule has 0 aromatic carbocycles. The van der Waals surface area contributed by atoms with Crippen LogP contribution in [0.4, 0.5) is 0 Å². The summed E-state index contributed by atoms with van der Waals surface area (Å²) in [6.45, 7) is 1.33. The Bertz CT molecular complexity index is 713. The summed E-state index contributed by atoms with van der Waals surface area (Å²) >= 11 is 1.43. The monoisotopic (exact) mass is 346 g/mol. The second-order valence-corrected chi connectivity index (χ2v) is 6.98. The van der Waals surface area contributed by atoms with Crippen LogP contribution < -0.4 is 5.32 Å². The van der Waals surface area contributed by atoms with Crippen LogP contribution >= 0.6 is 11.3 Å². The molecular weight excluding hydrogens is 328 g/mol. The van der Waals surface area contributed by atoms with Crippen LogP contribution in [-0.4, -0.2) is 42.0 Å². The smallest absolute Gasteiger partial charge is 0.264 e. The van der Waals surface area contributed by atoms with Gasteiger partial charge in [0.2, 0.25) is 5.91 Å². The summed E-state index contributed by atoms with van der Waals surface area (Å²) in [6.07, 6.45) is 2.14. The number of likely N-dealkylation sites (tertiary alicyclic amines) is 1. The summed E-state index contributed by atoms with van der Waals surface area (Å²) < 4.78 is 11.0. The molecule has 0 radical (unpaired) electrons. The van der Waals surface area contributed by atoms with Gasteiger partial charge < -0.3 is 19.4 Å². The number of nitrogens with one attached hydrogen (secondary N) is 1. The first-order chi connectivity index (χ1) is 11.7. The molecule has 2 saturated heterocycles. The molecule has 7 heteroatoms. The van der Waals surface area contributed by atoms with Crippen LogP contribution in [0.25, 0.3) is 0 Å². The number of thiophene rings is 1. The quantitative estimate of drug-likeness (QED) is 0.918. The van der Waals surface area contributed by atoms with Gasteiger partial charge in [-0.05, 0) is 30.0 Å². The Morgan fingerprint density at radius 2 is 2.25 bits per heavy atom. The van der Waals surface area contributed by atoms with E-state index in [9.17, 15) is 9.59 Å². The number of amides is 2. The van der Waals surface area contributed by atoms with Gasteiger partial charge >= 0.3 is 0 Å². The van der Waals surface area contributed by atoms with Crippen LogP contribution in [0, 0.1) is 5.92 Å². The Morgan fingerprint density at radius 1 is 1.33 bits per heavy atom. The van der Waals surface area contributed by atoms with Crippen molar-refractivity contribution < 1.29 is 18.7 Å². The Kier molecular flexibility index (Phi) is 4.12. The van der Waals surface area contributed by atoms with E-state index in [0.717, 1.165) is 6.42 Å². The number of nitrogens with zero attached hydrogens (tertiary/aromatic N) is 1. The summed E-state index contributed by atoms with van der Waals surface area (Å²) in [5, 5.41) is 4.77. The minimum atomic E-state index is -0.337. The van der Waals surface area contributed by atoms with Crippen molar-refractivity contribution in [3.8, 4) is 0 Å². The Labute approximate surface area is 143 Å². The maximum Gasteiger partial charge on any atom is 0.264 e. The molecule has 0 unspecified atom stereocenters. The van der Waals surface area contributed by atoms with Gasteiger partial charge in [0.25, 0.3) is 5.91 Å². The Morgan fingerprint density at radius 3 is 3.00 bits per heavy atom. The van der Waals surface area contributed by atoms with E-state index in [4.69, 9.17) is 9.15 Å². The van der Waals surface area contributed by atoms with E-state index in [0.29, 0.717) is 30.3 Å². The van der Waals surface area contributed by atoms with E-state index in [2.05, 4.69) is 5.32 Å². The molecule has 2 aliphatic rings. The minimum absolute atomic E-state index is 0.00756. The van der Waals surface area contributed by atoms with Crippen molar-refractivity contribution in [1.82, 2.24) is 10.2 Å². The van der Waals surface area contributed by atoms with E-state index in [1.807, 2.05) is 23.6 Å². The van der Waals surface area contributed by atoms with Crippen LogP contribution in [0.5, 0.6) is 0 Å². The Hall–Kier alpha value is -2.12. The third kappa shape index (κ3) is 2.74. The number of hydrogen-bond donors (Lipinski definition) is 1. The van der Waals surface area contributed by atoms with Crippen molar-refractivity contribution in [3.05, 3.63) is 46.5 Å². The first-order valence-corrected chi connectivity index (χ1v) is 8.88. The summed E-state index contributed by atoms with van der Waals surface area (Å²) in [7, 11) is 0. The maximum absolute atomic E-state index is 12.7. The zero-order chi connectivity index (χ0) is 16.5. The highest BCUT2D eigenvalue weighted by Gasteiger charge is 2.50. The number of fused-ring (bicyclic) bond motifs is 1. The number of carbonyl (C=O) groups is 2. The van der Waals surface area contributed by atoms with Crippen molar-refractivity contribution >= 4 is 23.2 Å². The lowest BCUT2D eigenvalue weighted by Crippen LogP contribution is -2.37. The van der Waals surface area contributed by atoms with Crippen LogP contribution in [0.1, 0.15) is 21.9 Å². The van der Waals surface area contributed by atoms with Gasteiger partial charge in [-0.2, -0.15) is 0 Å². The third-order valence-electron chi connectivity index (χ3n) is 4.64. The molecule has 0 saturated carbocycles. The molecule has 24 heavy (non-hydrogen) atoms. The molecule has 3 atom stereocenters. The number of rotatable bonds is 4. The van der Waals surface area contributed by atoms with Crippen molar-refractivity contribution in [2.45, 2.75) is 25.1 Å². The molecule has 6 nitrogen and oxygen atoms in total. The second-order valence-electron chi connectivity index (χ2n) is 6.03. The van der Waals surface area contributed by atoms with Crippen LogP contribution in [0.2, 0.25) is 0 Å². The van der Waals surface area contributed by atoms with Crippen LogP contribution in [-0.2, 0) is 16.1 Å². The molecule has 2 aliphatic heterocycles. The fourth-order valence-corrected chi connectivity index (χ4v) is 4.17. The molecule has 2 aromatic heterocycles. The molecule has 1 N–H and O–H groups in total. The fourth-order valence-electron chi connectivity index (χ4n) is 3.49. The van der Waals surface area contributed by atoms with Crippen LogP contribution in [0.3, 0.4) is 0 Å². The fraction of sp³-hybridized carbons (Fsp3) is 0.412. The summed E-state index contributed by atoms with van der Waals surface area (Å²) in [5.74, 6) is 0.268. The number of carbonyl (C=O) groups excluding carboxylic acids is 2. The van der Waals surface area contributed by atoms with E-state index < -0.39 is 0 Å². The van der Waals surface area contributed by atoms with E-state index in [1.54, 1.807) is 17.2 Å². The van der Waals surface area contributed by atoms with Gasteiger partial charge in [-0.1, -0.05) is 6.07 Å². The van der Waals surface area contributed by atoms with Crippen LogP contribution in [0.15, 0.2) is 40.3 Å². The molecule has 4 heterocycles. The summed E-state index contributed by atoms with van der Waals surface area (Å²) in [4.78, 5) is 27.8. The van der Waals surface area contributed by atoms with E-state index in [1.165, 1.54) is 11.3 Å². The third-order valence-corrected chi connectivity index (χ3v) is 5.50. The zero-order valence-electron chi connectivity index (χ0n) is 13.0. The highest BCUT2D eigenvalue weighted by Crippen LogP contribution is 2.35. The molecule has 2 fully saturated rings. The number of hydrogen-bond acceptors (Lipinski definition) is 5. The molecule has 0 bridgehead atoms. The second kappa shape index (κ2) is 6.41. The average molecular weight is 346 g/mol. The predicted molar refractivity (Wildman–Crippen MR) is 87.5 cm³/mol. The van der Waals surface area contributed by atoms with Crippen molar-refractivity contribution in [3.63, 3.8) is 0 Å². The largest absolute Gasteiger partial charge is 0.467 e. The van der Waals surface area contributed by atoms with E-state index in [-0.39, 0.29) is 29.9 Å². The molecule has 0 aliphatic carbocycles. The Balaban J connectivity index is 1.46. The molecule has 0 spiro atoms. The van der Waals surface area contributed by atoms with Gasteiger partial charge in [-0.3, -0.25) is 9.59 Å². The highest BCUT2D eigenvalue weighted by atomic mass is 32.1. The predicted octanol–water partition coefficient (Wildman–Crippen LogP) is 1.89. The first-order valence-electron chi connectivity index (χ1n) is 8.00. The average Bonchev–Trinajstić information content (AvgIpc) is 3.37. The lowest BCUT2D eigenvalue weighted by atomic mass is 10.0. The summed E-state index contributed by atoms with van der Waals surface area (Å²) in [5.41, 5.74) is 0. The topological polar surface area (TPSA) is 71.8 Å². The lowest BCUT2D eigenvalue weighted by Gasteiger charge is -2.21. The number of furan rings is 1. The SMILES string of the molecule is O=C(NCc1ccco1)[C@@H]1CN(C(=O)c2cccs2)[C@@H]2CCO[C@@H]21. The number of ether oxygens (including phenoxy) is 1. The van der Waals surface area contributed by atoms with Crippen molar-refractivity contribution in [2.24, 2.45) is 5.92 Å². The van der Waals surface area contributed by atoms with Gasteiger partial charge in [-0.25, -0.2) is 0 Å². The molecule has 2 aromatic rings. The first kappa shape index (κ1) is 15.4. The molecule has 4 rings (SSSR count). The highest BCUT2D eigenvalue weighted by molar-refractivity contribution is 7.12. The standard InChI is InChI=1S/C17H18N2O4S/c20-16(18-9-11-3-1-6-22-11)12-10-19(13-5-7-23-15(12)13)17(21)14-4-2-8-24-14/h1-4,6,8,12-13,15H,5,7,9-10H2,(H,18,20)/t12-,13-,15-/m1/s1. The van der Waals surface area contributed by atoms with Gasteiger partial charge in [-0.15, -0.1) is 11.3 Å². The molecule has 2 amide bonds. The van der Waals surface area contributed by atoms with Crippen molar-refractivity contribution in [1.29, 1.82) is 0 Å². The van der Waals surface area contributed by atoms with Crippen molar-refractivity contribution in [2.75, 3.05) is 13.2 Å². The minimum Gasteiger partial charge on any atom is -0.467 e. The molecule has 126 valence electrons. The maximum atomic E-state index is 12.7. The van der Waals surface area contributed by atoms with E-state index >= 15 is 0 Å². The zero-order valence-corrected chi connectivity index (χ0v) is 13.8. The van der Waals surface area contributed by atoms with Gasteiger partial charge in [0.1, 0.15) is 5.76 Å².